The molecule has 3 heteroatoms. The fourth-order valence-corrected chi connectivity index (χ4v) is 1.88. The molecule has 14 heavy (non-hydrogen) atoms. The molecule has 0 amide bonds. The van der Waals surface area contributed by atoms with Gasteiger partial charge in [-0.2, -0.15) is 0 Å². The van der Waals surface area contributed by atoms with Crippen LogP contribution in [0.5, 0.6) is 0 Å². The fraction of sp³-hybridized carbons (Fsp3) is 0.455. The predicted octanol–water partition coefficient (Wildman–Crippen LogP) is 0.991. The summed E-state index contributed by atoms with van der Waals surface area (Å²) < 4.78 is 0. The summed E-state index contributed by atoms with van der Waals surface area (Å²) in [6.45, 7) is 6.12. The van der Waals surface area contributed by atoms with Crippen LogP contribution in [0.1, 0.15) is 5.56 Å². The SMILES string of the molecule is Cc1ccccc1N1CCN(N)CC1. The summed E-state index contributed by atoms with van der Waals surface area (Å²) in [6.07, 6.45) is 0. The minimum Gasteiger partial charge on any atom is -0.369 e. The van der Waals surface area contributed by atoms with Gasteiger partial charge in [0.1, 0.15) is 0 Å². The molecule has 0 bridgehead atoms. The summed E-state index contributed by atoms with van der Waals surface area (Å²) in [4.78, 5) is 2.40. The number of aryl methyl sites for hydroxylation is 1. The van der Waals surface area contributed by atoms with Gasteiger partial charge in [0.25, 0.3) is 0 Å². The molecule has 0 atom stereocenters. The van der Waals surface area contributed by atoms with Crippen molar-refractivity contribution in [2.75, 3.05) is 31.1 Å². The molecule has 1 fully saturated rings. The first kappa shape index (κ1) is 9.49. The number of para-hydroxylation sites is 1. The van der Waals surface area contributed by atoms with Crippen molar-refractivity contribution in [2.45, 2.75) is 6.92 Å². The van der Waals surface area contributed by atoms with Crippen LogP contribution in [-0.2, 0) is 0 Å². The van der Waals surface area contributed by atoms with Crippen molar-refractivity contribution in [3.63, 3.8) is 0 Å². The molecule has 76 valence electrons. The van der Waals surface area contributed by atoms with E-state index in [1.807, 2.05) is 5.01 Å². The standard InChI is InChI=1S/C11H17N3/c1-10-4-2-3-5-11(10)13-6-8-14(12)9-7-13/h2-5H,6-9,12H2,1H3. The van der Waals surface area contributed by atoms with Crippen LogP contribution in [0, 0.1) is 6.92 Å². The van der Waals surface area contributed by atoms with Crippen LogP contribution in [0.15, 0.2) is 24.3 Å². The summed E-state index contributed by atoms with van der Waals surface area (Å²) in [5.74, 6) is 5.72. The van der Waals surface area contributed by atoms with E-state index in [2.05, 4.69) is 36.1 Å². The van der Waals surface area contributed by atoms with Gasteiger partial charge in [-0.3, -0.25) is 5.84 Å². The minimum absolute atomic E-state index is 0.953. The van der Waals surface area contributed by atoms with Crippen molar-refractivity contribution < 1.29 is 0 Å². The Hall–Kier alpha value is -1.06. The Bertz CT molecular complexity index is 303. The first-order valence-corrected chi connectivity index (χ1v) is 5.07. The van der Waals surface area contributed by atoms with Crippen LogP contribution in [0.25, 0.3) is 0 Å². The Morgan fingerprint density at radius 2 is 1.71 bits per heavy atom. The summed E-state index contributed by atoms with van der Waals surface area (Å²) in [5.41, 5.74) is 2.69. The lowest BCUT2D eigenvalue weighted by Gasteiger charge is -2.34. The van der Waals surface area contributed by atoms with E-state index in [0.29, 0.717) is 0 Å². The summed E-state index contributed by atoms with van der Waals surface area (Å²) >= 11 is 0. The Balaban J connectivity index is 2.12. The van der Waals surface area contributed by atoms with Gasteiger partial charge in [-0.25, -0.2) is 5.01 Å². The topological polar surface area (TPSA) is 32.5 Å². The molecule has 1 saturated heterocycles. The van der Waals surface area contributed by atoms with Crippen LogP contribution in [0.4, 0.5) is 5.69 Å². The molecule has 0 unspecified atom stereocenters. The van der Waals surface area contributed by atoms with E-state index in [0.717, 1.165) is 26.2 Å². The van der Waals surface area contributed by atoms with Gasteiger partial charge in [-0.1, -0.05) is 18.2 Å². The van der Waals surface area contributed by atoms with Crippen molar-refractivity contribution in [1.82, 2.24) is 5.01 Å². The highest BCUT2D eigenvalue weighted by atomic mass is 15.4. The zero-order valence-corrected chi connectivity index (χ0v) is 8.61. The van der Waals surface area contributed by atoms with Gasteiger partial charge in [-0.15, -0.1) is 0 Å². The first-order valence-electron chi connectivity index (χ1n) is 5.07. The van der Waals surface area contributed by atoms with Crippen LogP contribution in [0.3, 0.4) is 0 Å². The fourth-order valence-electron chi connectivity index (χ4n) is 1.88. The van der Waals surface area contributed by atoms with E-state index in [1.165, 1.54) is 11.3 Å². The van der Waals surface area contributed by atoms with Crippen molar-refractivity contribution in [3.05, 3.63) is 29.8 Å². The number of rotatable bonds is 1. The third-order valence-electron chi connectivity index (χ3n) is 2.77. The zero-order chi connectivity index (χ0) is 9.97. The number of anilines is 1. The number of hydrogen-bond donors (Lipinski definition) is 1. The van der Waals surface area contributed by atoms with Crippen LogP contribution in [0.2, 0.25) is 0 Å². The second-order valence-corrected chi connectivity index (χ2v) is 3.81. The maximum Gasteiger partial charge on any atom is 0.0396 e. The van der Waals surface area contributed by atoms with Crippen LogP contribution >= 0.6 is 0 Å². The van der Waals surface area contributed by atoms with Crippen molar-refractivity contribution in [1.29, 1.82) is 0 Å². The second kappa shape index (κ2) is 3.98. The highest BCUT2D eigenvalue weighted by molar-refractivity contribution is 5.53. The molecule has 1 aliphatic heterocycles. The number of benzene rings is 1. The molecule has 2 rings (SSSR count). The number of piperazine rings is 1. The Kier molecular flexibility index (Phi) is 2.70. The average Bonchev–Trinajstić information content (AvgIpc) is 2.20. The van der Waals surface area contributed by atoms with Gasteiger partial charge in [0.05, 0.1) is 0 Å². The quantitative estimate of drug-likeness (QED) is 0.672. The van der Waals surface area contributed by atoms with E-state index < -0.39 is 0 Å². The number of nitrogens with two attached hydrogens (primary N) is 1. The first-order chi connectivity index (χ1) is 6.77. The Labute approximate surface area is 85.1 Å². The van der Waals surface area contributed by atoms with Gasteiger partial charge >= 0.3 is 0 Å². The zero-order valence-electron chi connectivity index (χ0n) is 8.61. The maximum absolute atomic E-state index is 5.72. The molecule has 2 N–H and O–H groups in total. The molecular formula is C11H17N3. The molecule has 0 aliphatic carbocycles. The molecule has 0 spiro atoms. The van der Waals surface area contributed by atoms with Gasteiger partial charge in [-0.05, 0) is 18.6 Å². The van der Waals surface area contributed by atoms with Gasteiger partial charge in [0, 0.05) is 31.9 Å². The third kappa shape index (κ3) is 1.89. The normalized spacial score (nSPS) is 18.6. The molecule has 1 aromatic carbocycles. The van der Waals surface area contributed by atoms with E-state index in [1.54, 1.807) is 0 Å². The van der Waals surface area contributed by atoms with E-state index in [-0.39, 0.29) is 0 Å². The molecule has 1 heterocycles. The molecule has 0 aromatic heterocycles. The Morgan fingerprint density at radius 1 is 1.07 bits per heavy atom. The van der Waals surface area contributed by atoms with Crippen molar-refractivity contribution >= 4 is 5.69 Å². The maximum atomic E-state index is 5.72. The summed E-state index contributed by atoms with van der Waals surface area (Å²) in [7, 11) is 0. The van der Waals surface area contributed by atoms with E-state index in [4.69, 9.17) is 5.84 Å². The highest BCUT2D eigenvalue weighted by Gasteiger charge is 2.15. The second-order valence-electron chi connectivity index (χ2n) is 3.81. The number of nitrogens with zero attached hydrogens (tertiary/aromatic N) is 2. The van der Waals surface area contributed by atoms with Crippen LogP contribution in [-0.4, -0.2) is 31.2 Å². The van der Waals surface area contributed by atoms with Crippen LogP contribution < -0.4 is 10.7 Å². The number of hydrogen-bond acceptors (Lipinski definition) is 3. The highest BCUT2D eigenvalue weighted by Crippen LogP contribution is 2.19. The minimum atomic E-state index is 0.953. The molecular weight excluding hydrogens is 174 g/mol. The monoisotopic (exact) mass is 191 g/mol. The summed E-state index contributed by atoms with van der Waals surface area (Å²) in [6, 6.07) is 8.51. The number of hydrazine groups is 1. The van der Waals surface area contributed by atoms with Gasteiger partial charge in [0.15, 0.2) is 0 Å². The lowest BCUT2D eigenvalue weighted by molar-refractivity contribution is 0.266. The Morgan fingerprint density at radius 3 is 2.36 bits per heavy atom. The molecule has 1 aliphatic rings. The van der Waals surface area contributed by atoms with E-state index >= 15 is 0 Å². The molecule has 1 aromatic rings. The van der Waals surface area contributed by atoms with E-state index in [9.17, 15) is 0 Å². The van der Waals surface area contributed by atoms with Gasteiger partial charge in [0.2, 0.25) is 0 Å². The van der Waals surface area contributed by atoms with Crippen molar-refractivity contribution in [3.8, 4) is 0 Å². The largest absolute Gasteiger partial charge is 0.369 e. The molecule has 0 radical (unpaired) electrons. The molecule has 3 nitrogen and oxygen atoms in total. The molecule has 0 saturated carbocycles. The predicted molar refractivity (Wildman–Crippen MR) is 59.2 cm³/mol. The lowest BCUT2D eigenvalue weighted by Crippen LogP contribution is -2.49. The lowest BCUT2D eigenvalue weighted by atomic mass is 10.1. The average molecular weight is 191 g/mol. The van der Waals surface area contributed by atoms with Crippen molar-refractivity contribution in [2.24, 2.45) is 5.84 Å². The summed E-state index contributed by atoms with van der Waals surface area (Å²) in [5, 5.41) is 1.88. The smallest absolute Gasteiger partial charge is 0.0396 e. The van der Waals surface area contributed by atoms with Gasteiger partial charge < -0.3 is 4.90 Å². The third-order valence-corrected chi connectivity index (χ3v) is 2.77.